The SMILES string of the molecule is COc1ccc(CN2CCN(C)C(CCO)C2)cc1OC. The molecule has 1 atom stereocenters. The van der Waals surface area contributed by atoms with E-state index in [1.165, 1.54) is 5.56 Å². The number of aliphatic hydroxyl groups is 1. The van der Waals surface area contributed by atoms with Gasteiger partial charge in [0.05, 0.1) is 14.2 Å². The Morgan fingerprint density at radius 2 is 1.95 bits per heavy atom. The maximum atomic E-state index is 9.16. The third-order valence-electron chi connectivity index (χ3n) is 4.18. The summed E-state index contributed by atoms with van der Waals surface area (Å²) in [6, 6.07) is 6.51. The van der Waals surface area contributed by atoms with E-state index in [1.807, 2.05) is 12.1 Å². The molecule has 21 heavy (non-hydrogen) atoms. The fraction of sp³-hybridized carbons (Fsp3) is 0.625. The molecule has 1 saturated heterocycles. The highest BCUT2D eigenvalue weighted by molar-refractivity contribution is 5.42. The molecule has 2 rings (SSSR count). The predicted molar refractivity (Wildman–Crippen MR) is 82.9 cm³/mol. The average molecular weight is 294 g/mol. The summed E-state index contributed by atoms with van der Waals surface area (Å²) in [6.07, 6.45) is 0.832. The molecule has 0 spiro atoms. The van der Waals surface area contributed by atoms with Gasteiger partial charge < -0.3 is 19.5 Å². The van der Waals surface area contributed by atoms with Gasteiger partial charge in [-0.05, 0) is 31.2 Å². The molecule has 1 fully saturated rings. The molecule has 1 aromatic rings. The number of likely N-dealkylation sites (N-methyl/N-ethyl adjacent to an activating group) is 1. The summed E-state index contributed by atoms with van der Waals surface area (Å²) in [5.74, 6) is 1.54. The van der Waals surface area contributed by atoms with Crippen LogP contribution in [0.15, 0.2) is 18.2 Å². The molecule has 0 saturated carbocycles. The molecule has 118 valence electrons. The zero-order chi connectivity index (χ0) is 15.2. The normalized spacial score (nSPS) is 20.5. The van der Waals surface area contributed by atoms with Gasteiger partial charge in [-0.2, -0.15) is 0 Å². The number of rotatable bonds is 6. The number of hydrogen-bond acceptors (Lipinski definition) is 5. The van der Waals surface area contributed by atoms with E-state index in [9.17, 15) is 0 Å². The van der Waals surface area contributed by atoms with E-state index in [4.69, 9.17) is 14.6 Å². The van der Waals surface area contributed by atoms with Crippen molar-refractivity contribution in [1.82, 2.24) is 9.80 Å². The molecular formula is C16H26N2O3. The minimum Gasteiger partial charge on any atom is -0.493 e. The molecule has 0 bridgehead atoms. The molecule has 1 N–H and O–H groups in total. The summed E-state index contributed by atoms with van der Waals surface area (Å²) >= 11 is 0. The lowest BCUT2D eigenvalue weighted by Gasteiger charge is -2.39. The van der Waals surface area contributed by atoms with Crippen molar-refractivity contribution in [3.05, 3.63) is 23.8 Å². The van der Waals surface area contributed by atoms with Gasteiger partial charge in [0, 0.05) is 38.8 Å². The van der Waals surface area contributed by atoms with E-state index in [-0.39, 0.29) is 6.61 Å². The minimum absolute atomic E-state index is 0.249. The molecule has 0 radical (unpaired) electrons. The van der Waals surface area contributed by atoms with E-state index in [0.717, 1.165) is 44.1 Å². The number of hydrogen-bond donors (Lipinski definition) is 1. The molecule has 1 aromatic carbocycles. The Hall–Kier alpha value is -1.30. The molecule has 0 aromatic heterocycles. The van der Waals surface area contributed by atoms with Crippen molar-refractivity contribution >= 4 is 0 Å². The average Bonchev–Trinajstić information content (AvgIpc) is 2.50. The van der Waals surface area contributed by atoms with Crippen molar-refractivity contribution in [1.29, 1.82) is 0 Å². The van der Waals surface area contributed by atoms with Gasteiger partial charge in [-0.25, -0.2) is 0 Å². The van der Waals surface area contributed by atoms with Crippen LogP contribution >= 0.6 is 0 Å². The highest BCUT2D eigenvalue weighted by atomic mass is 16.5. The number of benzene rings is 1. The Labute approximate surface area is 127 Å². The topological polar surface area (TPSA) is 45.2 Å². The molecule has 0 amide bonds. The third-order valence-corrected chi connectivity index (χ3v) is 4.18. The van der Waals surface area contributed by atoms with Crippen LogP contribution in [0.1, 0.15) is 12.0 Å². The van der Waals surface area contributed by atoms with Crippen LogP contribution in [0.3, 0.4) is 0 Å². The zero-order valence-electron chi connectivity index (χ0n) is 13.2. The first-order valence-corrected chi connectivity index (χ1v) is 7.42. The number of ether oxygens (including phenoxy) is 2. The molecule has 1 heterocycles. The molecule has 5 heteroatoms. The Morgan fingerprint density at radius 3 is 2.62 bits per heavy atom. The van der Waals surface area contributed by atoms with Gasteiger partial charge in [0.2, 0.25) is 0 Å². The smallest absolute Gasteiger partial charge is 0.161 e. The second-order valence-corrected chi connectivity index (χ2v) is 5.57. The van der Waals surface area contributed by atoms with Crippen LogP contribution in [0, 0.1) is 0 Å². The van der Waals surface area contributed by atoms with Gasteiger partial charge in [0.15, 0.2) is 11.5 Å². The Kier molecular flexibility index (Phi) is 5.85. The van der Waals surface area contributed by atoms with Gasteiger partial charge in [-0.15, -0.1) is 0 Å². The fourth-order valence-corrected chi connectivity index (χ4v) is 2.85. The van der Waals surface area contributed by atoms with Crippen LogP contribution in [0.4, 0.5) is 0 Å². The molecule has 0 aliphatic carbocycles. The lowest BCUT2D eigenvalue weighted by Crippen LogP contribution is -2.51. The Balaban J connectivity index is 2.01. The number of nitrogens with zero attached hydrogens (tertiary/aromatic N) is 2. The van der Waals surface area contributed by atoms with Crippen LogP contribution in [0.2, 0.25) is 0 Å². The van der Waals surface area contributed by atoms with Crippen LogP contribution in [0.5, 0.6) is 11.5 Å². The summed E-state index contributed by atoms with van der Waals surface area (Å²) in [7, 11) is 5.44. The lowest BCUT2D eigenvalue weighted by atomic mass is 10.1. The van der Waals surface area contributed by atoms with E-state index in [1.54, 1.807) is 14.2 Å². The van der Waals surface area contributed by atoms with Crippen molar-refractivity contribution in [3.8, 4) is 11.5 Å². The first-order chi connectivity index (χ1) is 10.2. The van der Waals surface area contributed by atoms with Crippen molar-refractivity contribution < 1.29 is 14.6 Å². The highest BCUT2D eigenvalue weighted by Crippen LogP contribution is 2.28. The first-order valence-electron chi connectivity index (χ1n) is 7.42. The maximum Gasteiger partial charge on any atom is 0.161 e. The minimum atomic E-state index is 0.249. The largest absolute Gasteiger partial charge is 0.493 e. The Morgan fingerprint density at radius 1 is 1.19 bits per heavy atom. The van der Waals surface area contributed by atoms with Gasteiger partial charge in [-0.3, -0.25) is 4.90 Å². The summed E-state index contributed by atoms with van der Waals surface area (Å²) in [6.45, 7) is 4.23. The van der Waals surface area contributed by atoms with Crippen LogP contribution in [-0.2, 0) is 6.54 Å². The summed E-state index contributed by atoms with van der Waals surface area (Å²) in [5.41, 5.74) is 1.22. The number of methoxy groups -OCH3 is 2. The molecule has 1 aliphatic heterocycles. The second-order valence-electron chi connectivity index (χ2n) is 5.57. The zero-order valence-corrected chi connectivity index (χ0v) is 13.2. The van der Waals surface area contributed by atoms with E-state index in [2.05, 4.69) is 22.9 Å². The van der Waals surface area contributed by atoms with Crippen molar-refractivity contribution in [2.75, 3.05) is 47.5 Å². The first kappa shape index (κ1) is 16.1. The van der Waals surface area contributed by atoms with Crippen LogP contribution < -0.4 is 9.47 Å². The summed E-state index contributed by atoms with van der Waals surface area (Å²) < 4.78 is 10.6. The Bertz CT molecular complexity index is 453. The van der Waals surface area contributed by atoms with Gasteiger partial charge in [-0.1, -0.05) is 6.07 Å². The summed E-state index contributed by atoms with van der Waals surface area (Å²) in [5, 5.41) is 9.16. The predicted octanol–water partition coefficient (Wildman–Crippen LogP) is 1.20. The lowest BCUT2D eigenvalue weighted by molar-refractivity contribution is 0.0742. The maximum absolute atomic E-state index is 9.16. The highest BCUT2D eigenvalue weighted by Gasteiger charge is 2.23. The summed E-state index contributed by atoms with van der Waals surface area (Å²) in [4.78, 5) is 4.77. The van der Waals surface area contributed by atoms with Crippen LogP contribution in [0.25, 0.3) is 0 Å². The molecule has 1 unspecified atom stereocenters. The van der Waals surface area contributed by atoms with Crippen LogP contribution in [-0.4, -0.2) is 68.5 Å². The van der Waals surface area contributed by atoms with E-state index in [0.29, 0.717) is 6.04 Å². The monoisotopic (exact) mass is 294 g/mol. The second kappa shape index (κ2) is 7.64. The number of piperazine rings is 1. The van der Waals surface area contributed by atoms with Gasteiger partial charge >= 0.3 is 0 Å². The van der Waals surface area contributed by atoms with E-state index >= 15 is 0 Å². The van der Waals surface area contributed by atoms with Gasteiger partial charge in [0.25, 0.3) is 0 Å². The van der Waals surface area contributed by atoms with Gasteiger partial charge in [0.1, 0.15) is 0 Å². The molecular weight excluding hydrogens is 268 g/mol. The third kappa shape index (κ3) is 4.09. The molecule has 5 nitrogen and oxygen atoms in total. The number of aliphatic hydroxyl groups excluding tert-OH is 1. The van der Waals surface area contributed by atoms with Crippen molar-refractivity contribution in [2.24, 2.45) is 0 Å². The quantitative estimate of drug-likeness (QED) is 0.854. The molecule has 1 aliphatic rings. The van der Waals surface area contributed by atoms with Crippen molar-refractivity contribution in [2.45, 2.75) is 19.0 Å². The standard InChI is InChI=1S/C16H26N2O3/c1-17-7-8-18(12-14(17)6-9-19)11-13-4-5-15(20-2)16(10-13)21-3/h4-5,10,14,19H,6-9,11-12H2,1-3H3. The van der Waals surface area contributed by atoms with Crippen molar-refractivity contribution in [3.63, 3.8) is 0 Å². The fourth-order valence-electron chi connectivity index (χ4n) is 2.85. The van der Waals surface area contributed by atoms with E-state index < -0.39 is 0 Å².